The van der Waals surface area contributed by atoms with Crippen molar-refractivity contribution in [2.75, 3.05) is 20.6 Å². The standard InChI is InChI=1S/C25H28ClN3O4S/c1-4-23(25(31)27-2)29(16-20-11-7-8-12-22(20)26)24(30)17-28(3)34(32,33)21-14-13-18-9-5-6-10-19(18)15-21/h5-15,23H,4,16-17H2,1-3H3,(H,27,31)/t23-/m1/s1. The Morgan fingerprint density at radius 1 is 1.00 bits per heavy atom. The van der Waals surface area contributed by atoms with Gasteiger partial charge in [0.2, 0.25) is 21.8 Å². The van der Waals surface area contributed by atoms with Crippen LogP contribution >= 0.6 is 11.6 Å². The molecule has 1 N–H and O–H groups in total. The molecule has 0 radical (unpaired) electrons. The number of nitrogens with one attached hydrogen (secondary N) is 1. The predicted octanol–water partition coefficient (Wildman–Crippen LogP) is 3.67. The molecule has 0 bridgehead atoms. The van der Waals surface area contributed by atoms with Crippen LogP contribution in [0.2, 0.25) is 5.02 Å². The van der Waals surface area contributed by atoms with Crippen molar-refractivity contribution in [3.8, 4) is 0 Å². The van der Waals surface area contributed by atoms with Crippen molar-refractivity contribution in [1.29, 1.82) is 0 Å². The van der Waals surface area contributed by atoms with Gasteiger partial charge in [-0.3, -0.25) is 9.59 Å². The van der Waals surface area contributed by atoms with Crippen molar-refractivity contribution in [2.24, 2.45) is 0 Å². The van der Waals surface area contributed by atoms with Crippen molar-refractivity contribution >= 4 is 44.2 Å². The Labute approximate surface area is 205 Å². The van der Waals surface area contributed by atoms with Gasteiger partial charge in [-0.2, -0.15) is 4.31 Å². The van der Waals surface area contributed by atoms with Crippen LogP contribution in [0, 0.1) is 0 Å². The van der Waals surface area contributed by atoms with E-state index in [0.717, 1.165) is 15.1 Å². The molecule has 9 heteroatoms. The molecule has 3 aromatic rings. The summed E-state index contributed by atoms with van der Waals surface area (Å²) < 4.78 is 27.5. The average molecular weight is 502 g/mol. The van der Waals surface area contributed by atoms with Crippen LogP contribution < -0.4 is 5.32 Å². The SMILES string of the molecule is CC[C@H](C(=O)NC)N(Cc1ccccc1Cl)C(=O)CN(C)S(=O)(=O)c1ccc2ccccc2c1. The molecule has 34 heavy (non-hydrogen) atoms. The van der Waals surface area contributed by atoms with Gasteiger partial charge in [-0.05, 0) is 41.0 Å². The first-order chi connectivity index (χ1) is 16.2. The summed E-state index contributed by atoms with van der Waals surface area (Å²) in [5.74, 6) is -0.829. The first kappa shape index (κ1) is 25.7. The third-order valence-corrected chi connectivity index (χ3v) is 7.89. The van der Waals surface area contributed by atoms with Gasteiger partial charge in [0.05, 0.1) is 11.4 Å². The van der Waals surface area contributed by atoms with Gasteiger partial charge < -0.3 is 10.2 Å². The summed E-state index contributed by atoms with van der Waals surface area (Å²) in [5.41, 5.74) is 0.667. The molecule has 3 rings (SSSR count). The molecule has 0 spiro atoms. The van der Waals surface area contributed by atoms with Crippen molar-refractivity contribution < 1.29 is 18.0 Å². The Balaban J connectivity index is 1.89. The van der Waals surface area contributed by atoms with Crippen LogP contribution in [0.5, 0.6) is 0 Å². The molecule has 0 aliphatic rings. The molecular formula is C25H28ClN3O4S. The highest BCUT2D eigenvalue weighted by atomic mass is 35.5. The lowest BCUT2D eigenvalue weighted by Crippen LogP contribution is -2.51. The molecule has 0 aliphatic carbocycles. The Morgan fingerprint density at radius 2 is 1.65 bits per heavy atom. The van der Waals surface area contributed by atoms with Gasteiger partial charge in [-0.1, -0.05) is 67.1 Å². The molecule has 0 saturated heterocycles. The molecular weight excluding hydrogens is 474 g/mol. The van der Waals surface area contributed by atoms with Crippen LogP contribution in [0.1, 0.15) is 18.9 Å². The lowest BCUT2D eigenvalue weighted by Gasteiger charge is -2.31. The molecule has 180 valence electrons. The van der Waals surface area contributed by atoms with Gasteiger partial charge >= 0.3 is 0 Å². The number of amides is 2. The molecule has 0 saturated carbocycles. The Hall–Kier alpha value is -2.94. The number of hydrogen-bond acceptors (Lipinski definition) is 4. The van der Waals surface area contributed by atoms with Crippen LogP contribution in [0.25, 0.3) is 10.8 Å². The number of halogens is 1. The molecule has 0 unspecified atom stereocenters. The van der Waals surface area contributed by atoms with E-state index in [0.29, 0.717) is 17.0 Å². The maximum atomic E-state index is 13.4. The summed E-state index contributed by atoms with van der Waals surface area (Å²) in [6, 6.07) is 18.6. The van der Waals surface area contributed by atoms with Gasteiger partial charge in [0.15, 0.2) is 0 Å². The second kappa shape index (κ2) is 11.0. The van der Waals surface area contributed by atoms with E-state index in [-0.39, 0.29) is 17.3 Å². The third kappa shape index (κ3) is 5.58. The van der Waals surface area contributed by atoms with Crippen molar-refractivity contribution in [2.45, 2.75) is 30.8 Å². The number of sulfonamides is 1. The van der Waals surface area contributed by atoms with E-state index in [1.807, 2.05) is 24.3 Å². The molecule has 3 aromatic carbocycles. The van der Waals surface area contributed by atoms with Gasteiger partial charge in [0.25, 0.3) is 0 Å². The van der Waals surface area contributed by atoms with Gasteiger partial charge in [0.1, 0.15) is 6.04 Å². The topological polar surface area (TPSA) is 86.8 Å². The van der Waals surface area contributed by atoms with Crippen molar-refractivity contribution in [3.05, 3.63) is 77.3 Å². The van der Waals surface area contributed by atoms with Crippen LogP contribution in [0.4, 0.5) is 0 Å². The molecule has 0 aromatic heterocycles. The number of rotatable bonds is 9. The molecule has 0 heterocycles. The van der Waals surface area contributed by atoms with Gasteiger partial charge in [-0.25, -0.2) is 8.42 Å². The van der Waals surface area contributed by atoms with E-state index in [2.05, 4.69) is 5.32 Å². The summed E-state index contributed by atoms with van der Waals surface area (Å²) in [4.78, 5) is 27.4. The fraction of sp³-hybridized carbons (Fsp3) is 0.280. The van der Waals surface area contributed by atoms with Crippen molar-refractivity contribution in [3.63, 3.8) is 0 Å². The minimum absolute atomic E-state index is 0.0777. The molecule has 0 fully saturated rings. The number of hydrogen-bond donors (Lipinski definition) is 1. The number of carbonyl (C=O) groups excluding carboxylic acids is 2. The highest BCUT2D eigenvalue weighted by Crippen LogP contribution is 2.23. The monoisotopic (exact) mass is 501 g/mol. The largest absolute Gasteiger partial charge is 0.357 e. The van der Waals surface area contributed by atoms with Crippen LogP contribution in [-0.4, -0.2) is 56.1 Å². The quantitative estimate of drug-likeness (QED) is 0.484. The number of likely N-dealkylation sites (N-methyl/N-ethyl adjacent to an activating group) is 2. The number of fused-ring (bicyclic) bond motifs is 1. The Kier molecular flexibility index (Phi) is 8.30. The summed E-state index contributed by atoms with van der Waals surface area (Å²) in [6.07, 6.45) is 0.358. The second-order valence-electron chi connectivity index (χ2n) is 7.92. The highest BCUT2D eigenvalue weighted by Gasteiger charge is 2.31. The van der Waals surface area contributed by atoms with E-state index in [1.165, 1.54) is 25.1 Å². The summed E-state index contributed by atoms with van der Waals surface area (Å²) in [6.45, 7) is 1.45. The zero-order valence-corrected chi connectivity index (χ0v) is 20.9. The van der Waals surface area contributed by atoms with E-state index >= 15 is 0 Å². The summed E-state index contributed by atoms with van der Waals surface area (Å²) >= 11 is 6.30. The predicted molar refractivity (Wildman–Crippen MR) is 134 cm³/mol. The molecule has 2 amide bonds. The minimum atomic E-state index is -3.94. The van der Waals surface area contributed by atoms with E-state index in [1.54, 1.807) is 43.3 Å². The van der Waals surface area contributed by atoms with Gasteiger partial charge in [0, 0.05) is 25.7 Å². The smallest absolute Gasteiger partial charge is 0.243 e. The Morgan fingerprint density at radius 3 is 2.29 bits per heavy atom. The maximum absolute atomic E-state index is 13.4. The zero-order valence-electron chi connectivity index (χ0n) is 19.4. The first-order valence-corrected chi connectivity index (χ1v) is 12.7. The zero-order chi connectivity index (χ0) is 24.9. The highest BCUT2D eigenvalue weighted by molar-refractivity contribution is 7.89. The number of nitrogens with zero attached hydrogens (tertiary/aromatic N) is 2. The Bertz CT molecular complexity index is 1300. The lowest BCUT2D eigenvalue weighted by molar-refractivity contribution is -0.141. The molecule has 0 aliphatic heterocycles. The van der Waals surface area contributed by atoms with E-state index in [4.69, 9.17) is 11.6 Å². The van der Waals surface area contributed by atoms with E-state index in [9.17, 15) is 18.0 Å². The first-order valence-electron chi connectivity index (χ1n) is 10.9. The number of benzene rings is 3. The summed E-state index contributed by atoms with van der Waals surface area (Å²) in [7, 11) is -1.08. The minimum Gasteiger partial charge on any atom is -0.357 e. The average Bonchev–Trinajstić information content (AvgIpc) is 2.84. The normalized spacial score (nSPS) is 12.5. The second-order valence-corrected chi connectivity index (χ2v) is 10.4. The van der Waals surface area contributed by atoms with E-state index < -0.39 is 28.5 Å². The fourth-order valence-corrected chi connectivity index (χ4v) is 5.12. The fourth-order valence-electron chi connectivity index (χ4n) is 3.77. The van der Waals surface area contributed by atoms with Crippen molar-refractivity contribution in [1.82, 2.24) is 14.5 Å². The maximum Gasteiger partial charge on any atom is 0.243 e. The van der Waals surface area contributed by atoms with Crippen LogP contribution in [0.3, 0.4) is 0 Å². The third-order valence-electron chi connectivity index (χ3n) is 5.72. The van der Waals surface area contributed by atoms with Crippen LogP contribution in [-0.2, 0) is 26.2 Å². The van der Waals surface area contributed by atoms with Gasteiger partial charge in [-0.15, -0.1) is 0 Å². The summed E-state index contributed by atoms with van der Waals surface area (Å²) in [5, 5.41) is 4.75. The lowest BCUT2D eigenvalue weighted by atomic mass is 10.1. The molecule has 1 atom stereocenters. The van der Waals surface area contributed by atoms with Crippen LogP contribution in [0.15, 0.2) is 71.6 Å². The number of carbonyl (C=O) groups is 2. The molecule has 7 nitrogen and oxygen atoms in total.